The Hall–Kier alpha value is -0.770. The zero-order valence-corrected chi connectivity index (χ0v) is 10.5. The Morgan fingerprint density at radius 3 is 3.06 bits per heavy atom. The number of rotatable bonds is 4. The Labute approximate surface area is 107 Å². The summed E-state index contributed by atoms with van der Waals surface area (Å²) in [5.41, 5.74) is 1.09. The second kappa shape index (κ2) is 6.24. The van der Waals surface area contributed by atoms with Crippen molar-refractivity contribution in [3.8, 4) is 5.75 Å². The van der Waals surface area contributed by atoms with E-state index in [4.69, 9.17) is 16.3 Å². The number of aromatic hydroxyl groups is 1. The fourth-order valence-corrected chi connectivity index (χ4v) is 2.25. The highest BCUT2D eigenvalue weighted by molar-refractivity contribution is 6.32. The Morgan fingerprint density at radius 1 is 1.47 bits per heavy atom. The number of benzene rings is 1. The lowest BCUT2D eigenvalue weighted by atomic mass is 10.0. The minimum absolute atomic E-state index is 0.135. The van der Waals surface area contributed by atoms with Crippen LogP contribution in [0.5, 0.6) is 5.75 Å². The third-order valence-electron chi connectivity index (χ3n) is 3.03. The first-order valence-electron chi connectivity index (χ1n) is 6.01. The number of phenols is 1. The Kier molecular flexibility index (Phi) is 4.66. The van der Waals surface area contributed by atoms with Crippen molar-refractivity contribution >= 4 is 11.6 Å². The maximum atomic E-state index is 9.30. The van der Waals surface area contributed by atoms with Crippen molar-refractivity contribution in [2.24, 2.45) is 5.92 Å². The van der Waals surface area contributed by atoms with Gasteiger partial charge in [-0.15, -0.1) is 0 Å². The molecule has 3 nitrogen and oxygen atoms in total. The molecule has 17 heavy (non-hydrogen) atoms. The minimum atomic E-state index is 0.135. The molecule has 1 atom stereocenters. The molecule has 0 radical (unpaired) electrons. The molecule has 1 heterocycles. The van der Waals surface area contributed by atoms with Crippen LogP contribution in [0, 0.1) is 5.92 Å². The van der Waals surface area contributed by atoms with E-state index in [0.29, 0.717) is 10.9 Å². The summed E-state index contributed by atoms with van der Waals surface area (Å²) < 4.78 is 5.43. The Balaban J connectivity index is 1.75. The number of nitrogens with one attached hydrogen (secondary N) is 1. The molecule has 2 N–H and O–H groups in total. The number of hydrogen-bond donors (Lipinski definition) is 2. The molecular weight excluding hydrogens is 238 g/mol. The molecule has 1 aliphatic heterocycles. The van der Waals surface area contributed by atoms with Gasteiger partial charge in [-0.3, -0.25) is 0 Å². The predicted molar refractivity (Wildman–Crippen MR) is 68.4 cm³/mol. The van der Waals surface area contributed by atoms with Gasteiger partial charge in [-0.05, 0) is 36.5 Å². The summed E-state index contributed by atoms with van der Waals surface area (Å²) in [6.45, 7) is 3.52. The predicted octanol–water partition coefficient (Wildman–Crippen LogP) is 2.56. The van der Waals surface area contributed by atoms with Gasteiger partial charge in [-0.25, -0.2) is 0 Å². The van der Waals surface area contributed by atoms with E-state index in [1.165, 1.54) is 6.42 Å². The molecule has 4 heteroatoms. The third-order valence-corrected chi connectivity index (χ3v) is 3.33. The van der Waals surface area contributed by atoms with Crippen LogP contribution in [0.25, 0.3) is 0 Å². The second-order valence-corrected chi connectivity index (χ2v) is 4.91. The quantitative estimate of drug-likeness (QED) is 0.869. The molecule has 1 saturated heterocycles. The SMILES string of the molecule is Oc1ccc(CNCC2CCCOC2)cc1Cl. The summed E-state index contributed by atoms with van der Waals surface area (Å²) in [6.07, 6.45) is 2.40. The van der Waals surface area contributed by atoms with Crippen molar-refractivity contribution in [2.75, 3.05) is 19.8 Å². The number of phenolic OH excluding ortho intramolecular Hbond substituents is 1. The summed E-state index contributed by atoms with van der Waals surface area (Å²) in [4.78, 5) is 0. The summed E-state index contributed by atoms with van der Waals surface area (Å²) in [5, 5.41) is 13.1. The van der Waals surface area contributed by atoms with E-state index < -0.39 is 0 Å². The van der Waals surface area contributed by atoms with Crippen molar-refractivity contribution in [3.05, 3.63) is 28.8 Å². The van der Waals surface area contributed by atoms with Crippen LogP contribution in [0.3, 0.4) is 0 Å². The first-order chi connectivity index (χ1) is 8.25. The van der Waals surface area contributed by atoms with Crippen LogP contribution in [-0.2, 0) is 11.3 Å². The lowest BCUT2D eigenvalue weighted by Gasteiger charge is -2.22. The zero-order valence-electron chi connectivity index (χ0n) is 9.79. The van der Waals surface area contributed by atoms with E-state index >= 15 is 0 Å². The van der Waals surface area contributed by atoms with Gasteiger partial charge in [0, 0.05) is 19.7 Å². The molecule has 1 aromatic carbocycles. The number of hydrogen-bond acceptors (Lipinski definition) is 3. The molecule has 1 aromatic rings. The van der Waals surface area contributed by atoms with Gasteiger partial charge in [-0.2, -0.15) is 0 Å². The number of ether oxygens (including phenoxy) is 1. The average molecular weight is 256 g/mol. The van der Waals surface area contributed by atoms with E-state index in [1.807, 2.05) is 6.07 Å². The molecule has 2 rings (SSSR count). The lowest BCUT2D eigenvalue weighted by Crippen LogP contribution is -2.28. The van der Waals surface area contributed by atoms with Crippen LogP contribution in [0.15, 0.2) is 18.2 Å². The summed E-state index contributed by atoms with van der Waals surface area (Å²) in [5.74, 6) is 0.757. The lowest BCUT2D eigenvalue weighted by molar-refractivity contribution is 0.0547. The molecular formula is C13H18ClNO2. The fourth-order valence-electron chi connectivity index (χ4n) is 2.05. The first-order valence-corrected chi connectivity index (χ1v) is 6.39. The highest BCUT2D eigenvalue weighted by Crippen LogP contribution is 2.23. The molecule has 1 unspecified atom stereocenters. The van der Waals surface area contributed by atoms with Gasteiger partial charge in [0.2, 0.25) is 0 Å². The molecule has 0 bridgehead atoms. The highest BCUT2D eigenvalue weighted by atomic mass is 35.5. The summed E-state index contributed by atoms with van der Waals surface area (Å²) in [7, 11) is 0. The monoisotopic (exact) mass is 255 g/mol. The van der Waals surface area contributed by atoms with Crippen LogP contribution >= 0.6 is 11.6 Å². The van der Waals surface area contributed by atoms with Crippen molar-refractivity contribution in [1.29, 1.82) is 0 Å². The van der Waals surface area contributed by atoms with Gasteiger partial charge in [0.15, 0.2) is 0 Å². The molecule has 0 saturated carbocycles. The van der Waals surface area contributed by atoms with Crippen LogP contribution in [0.4, 0.5) is 0 Å². The molecule has 1 aliphatic rings. The molecule has 0 spiro atoms. The van der Waals surface area contributed by atoms with E-state index in [0.717, 1.165) is 38.3 Å². The largest absolute Gasteiger partial charge is 0.506 e. The number of halogens is 1. The third kappa shape index (κ3) is 3.87. The van der Waals surface area contributed by atoms with Crippen molar-refractivity contribution in [1.82, 2.24) is 5.32 Å². The second-order valence-electron chi connectivity index (χ2n) is 4.50. The maximum Gasteiger partial charge on any atom is 0.134 e. The topological polar surface area (TPSA) is 41.5 Å². The minimum Gasteiger partial charge on any atom is -0.506 e. The van der Waals surface area contributed by atoms with Crippen LogP contribution in [0.2, 0.25) is 5.02 Å². The Bertz CT molecular complexity index is 364. The van der Waals surface area contributed by atoms with Gasteiger partial charge in [-0.1, -0.05) is 17.7 Å². The normalized spacial score (nSPS) is 20.4. The molecule has 0 aliphatic carbocycles. The van der Waals surface area contributed by atoms with Crippen LogP contribution in [0.1, 0.15) is 18.4 Å². The summed E-state index contributed by atoms with van der Waals surface area (Å²) >= 11 is 5.84. The zero-order chi connectivity index (χ0) is 12.1. The van der Waals surface area contributed by atoms with E-state index in [2.05, 4.69) is 5.32 Å². The molecule has 94 valence electrons. The summed E-state index contributed by atoms with van der Waals surface area (Å²) in [6, 6.07) is 5.30. The first kappa shape index (κ1) is 12.7. The van der Waals surface area contributed by atoms with Crippen LogP contribution in [-0.4, -0.2) is 24.9 Å². The maximum absolute atomic E-state index is 9.30. The van der Waals surface area contributed by atoms with Gasteiger partial charge in [0.25, 0.3) is 0 Å². The van der Waals surface area contributed by atoms with Gasteiger partial charge in [0.1, 0.15) is 5.75 Å². The van der Waals surface area contributed by atoms with Crippen LogP contribution < -0.4 is 5.32 Å². The van der Waals surface area contributed by atoms with E-state index in [1.54, 1.807) is 12.1 Å². The van der Waals surface area contributed by atoms with Crippen molar-refractivity contribution in [3.63, 3.8) is 0 Å². The average Bonchev–Trinajstić information content (AvgIpc) is 2.35. The fraction of sp³-hybridized carbons (Fsp3) is 0.538. The van der Waals surface area contributed by atoms with Gasteiger partial charge >= 0.3 is 0 Å². The van der Waals surface area contributed by atoms with Gasteiger partial charge < -0.3 is 15.2 Å². The highest BCUT2D eigenvalue weighted by Gasteiger charge is 2.12. The molecule has 1 fully saturated rings. The van der Waals surface area contributed by atoms with E-state index in [9.17, 15) is 5.11 Å². The van der Waals surface area contributed by atoms with Crippen molar-refractivity contribution in [2.45, 2.75) is 19.4 Å². The van der Waals surface area contributed by atoms with Gasteiger partial charge in [0.05, 0.1) is 11.6 Å². The molecule has 0 amide bonds. The van der Waals surface area contributed by atoms with Crippen molar-refractivity contribution < 1.29 is 9.84 Å². The molecule has 0 aromatic heterocycles. The van der Waals surface area contributed by atoms with E-state index in [-0.39, 0.29) is 5.75 Å². The smallest absolute Gasteiger partial charge is 0.134 e. The Morgan fingerprint density at radius 2 is 2.35 bits per heavy atom. The standard InChI is InChI=1S/C13H18ClNO2/c14-12-6-10(3-4-13(12)16)7-15-8-11-2-1-5-17-9-11/h3-4,6,11,15-16H,1-2,5,7-9H2.